The summed E-state index contributed by atoms with van der Waals surface area (Å²) in [5, 5.41) is 3.08. The Labute approximate surface area is 135 Å². The van der Waals surface area contributed by atoms with E-state index in [9.17, 15) is 9.18 Å². The third-order valence-corrected chi connectivity index (χ3v) is 3.92. The van der Waals surface area contributed by atoms with Crippen molar-refractivity contribution < 1.29 is 9.18 Å². The molecule has 8 heteroatoms. The molecule has 1 amide bonds. The third kappa shape index (κ3) is 3.67. The van der Waals surface area contributed by atoms with Gasteiger partial charge < -0.3 is 5.73 Å². The summed E-state index contributed by atoms with van der Waals surface area (Å²) in [6.07, 6.45) is 5.09. The van der Waals surface area contributed by atoms with Crippen LogP contribution in [0.3, 0.4) is 0 Å². The maximum Gasteiger partial charge on any atom is 0.279 e. The second kappa shape index (κ2) is 6.49. The van der Waals surface area contributed by atoms with Gasteiger partial charge in [-0.15, -0.1) is 11.3 Å². The van der Waals surface area contributed by atoms with Gasteiger partial charge in [0.1, 0.15) is 5.82 Å². The second-order valence-electron chi connectivity index (χ2n) is 4.68. The molecule has 0 aliphatic heterocycles. The first-order valence-electron chi connectivity index (χ1n) is 6.69. The SMILES string of the molecule is Nc1nccnc1C(=O)Nc1ncc(Cc2ccc(F)cc2)s1. The average molecular weight is 329 g/mol. The molecule has 1 aromatic carbocycles. The maximum absolute atomic E-state index is 12.9. The van der Waals surface area contributed by atoms with Gasteiger partial charge >= 0.3 is 0 Å². The Hall–Kier alpha value is -2.87. The van der Waals surface area contributed by atoms with Crippen molar-refractivity contribution >= 4 is 28.2 Å². The minimum atomic E-state index is -0.460. The van der Waals surface area contributed by atoms with Crippen molar-refractivity contribution in [2.75, 3.05) is 11.1 Å². The van der Waals surface area contributed by atoms with E-state index in [2.05, 4.69) is 20.3 Å². The zero-order chi connectivity index (χ0) is 16.2. The molecule has 0 unspecified atom stereocenters. The molecule has 0 saturated carbocycles. The van der Waals surface area contributed by atoms with Gasteiger partial charge in [-0.1, -0.05) is 12.1 Å². The van der Waals surface area contributed by atoms with Gasteiger partial charge in [0.15, 0.2) is 16.6 Å². The van der Waals surface area contributed by atoms with E-state index in [1.165, 1.54) is 35.9 Å². The number of carbonyl (C=O) groups excluding carboxylic acids is 1. The zero-order valence-corrected chi connectivity index (χ0v) is 12.7. The fourth-order valence-corrected chi connectivity index (χ4v) is 2.77. The number of nitrogens with one attached hydrogen (secondary N) is 1. The van der Waals surface area contributed by atoms with E-state index in [-0.39, 0.29) is 17.3 Å². The number of benzene rings is 1. The van der Waals surface area contributed by atoms with Gasteiger partial charge in [0.05, 0.1) is 0 Å². The normalized spacial score (nSPS) is 10.5. The minimum absolute atomic E-state index is 0.0581. The largest absolute Gasteiger partial charge is 0.382 e. The van der Waals surface area contributed by atoms with E-state index in [1.807, 2.05) is 0 Å². The van der Waals surface area contributed by atoms with Crippen LogP contribution in [0.25, 0.3) is 0 Å². The Balaban J connectivity index is 1.69. The highest BCUT2D eigenvalue weighted by Crippen LogP contribution is 2.22. The lowest BCUT2D eigenvalue weighted by Crippen LogP contribution is -2.16. The minimum Gasteiger partial charge on any atom is -0.382 e. The topological polar surface area (TPSA) is 93.8 Å². The van der Waals surface area contributed by atoms with E-state index in [4.69, 9.17) is 5.73 Å². The van der Waals surface area contributed by atoms with Crippen LogP contribution < -0.4 is 11.1 Å². The van der Waals surface area contributed by atoms with Gasteiger partial charge in [0, 0.05) is 29.9 Å². The molecule has 0 aliphatic carbocycles. The van der Waals surface area contributed by atoms with Crippen LogP contribution in [0.1, 0.15) is 20.9 Å². The lowest BCUT2D eigenvalue weighted by molar-refractivity contribution is 0.102. The van der Waals surface area contributed by atoms with Crippen LogP contribution in [0.15, 0.2) is 42.9 Å². The number of aromatic nitrogens is 3. The Kier molecular flexibility index (Phi) is 4.24. The van der Waals surface area contributed by atoms with Gasteiger partial charge in [-0.05, 0) is 17.7 Å². The molecular formula is C15H12FN5OS. The van der Waals surface area contributed by atoms with Crippen LogP contribution in [0.4, 0.5) is 15.3 Å². The summed E-state index contributed by atoms with van der Waals surface area (Å²) in [7, 11) is 0. The number of halogens is 1. The summed E-state index contributed by atoms with van der Waals surface area (Å²) in [4.78, 5) is 24.9. The predicted molar refractivity (Wildman–Crippen MR) is 85.7 cm³/mol. The van der Waals surface area contributed by atoms with Crippen LogP contribution in [-0.4, -0.2) is 20.9 Å². The number of anilines is 2. The molecule has 0 aliphatic rings. The van der Waals surface area contributed by atoms with Crippen molar-refractivity contribution in [3.8, 4) is 0 Å². The Bertz CT molecular complexity index is 834. The summed E-state index contributed by atoms with van der Waals surface area (Å²) in [6.45, 7) is 0. The number of nitrogens with two attached hydrogens (primary N) is 1. The molecule has 0 fully saturated rings. The molecule has 23 heavy (non-hydrogen) atoms. The summed E-state index contributed by atoms with van der Waals surface area (Å²) in [5.74, 6) is -0.668. The molecule has 0 saturated heterocycles. The first kappa shape index (κ1) is 15.0. The standard InChI is InChI=1S/C15H12FN5OS/c16-10-3-1-9(2-4-10)7-11-8-20-15(23-11)21-14(22)12-13(17)19-6-5-18-12/h1-6,8H,7H2,(H2,17,19)(H,20,21,22). The van der Waals surface area contributed by atoms with E-state index < -0.39 is 5.91 Å². The number of nitrogens with zero attached hydrogens (tertiary/aromatic N) is 3. The average Bonchev–Trinajstić information content (AvgIpc) is 2.97. The summed E-state index contributed by atoms with van der Waals surface area (Å²) >= 11 is 1.33. The lowest BCUT2D eigenvalue weighted by Gasteiger charge is -2.02. The zero-order valence-electron chi connectivity index (χ0n) is 11.9. The Morgan fingerprint density at radius 2 is 1.91 bits per heavy atom. The highest BCUT2D eigenvalue weighted by Gasteiger charge is 2.14. The van der Waals surface area contributed by atoms with Gasteiger partial charge in [-0.2, -0.15) is 0 Å². The molecule has 0 radical (unpaired) electrons. The molecule has 116 valence electrons. The van der Waals surface area contributed by atoms with Crippen molar-refractivity contribution in [3.05, 3.63) is 64.8 Å². The molecule has 3 aromatic rings. The first-order valence-corrected chi connectivity index (χ1v) is 7.50. The highest BCUT2D eigenvalue weighted by atomic mass is 32.1. The van der Waals surface area contributed by atoms with Crippen molar-refractivity contribution in [2.24, 2.45) is 0 Å². The molecular weight excluding hydrogens is 317 g/mol. The van der Waals surface area contributed by atoms with E-state index >= 15 is 0 Å². The van der Waals surface area contributed by atoms with E-state index in [0.717, 1.165) is 10.4 Å². The van der Waals surface area contributed by atoms with Gasteiger partial charge in [-0.3, -0.25) is 10.1 Å². The van der Waals surface area contributed by atoms with Crippen molar-refractivity contribution in [1.82, 2.24) is 15.0 Å². The quantitative estimate of drug-likeness (QED) is 0.767. The van der Waals surface area contributed by atoms with Crippen molar-refractivity contribution in [2.45, 2.75) is 6.42 Å². The maximum atomic E-state index is 12.9. The van der Waals surface area contributed by atoms with Gasteiger partial charge in [0.25, 0.3) is 5.91 Å². The van der Waals surface area contributed by atoms with Crippen LogP contribution in [0.2, 0.25) is 0 Å². The van der Waals surface area contributed by atoms with Crippen LogP contribution in [0.5, 0.6) is 0 Å². The van der Waals surface area contributed by atoms with Gasteiger partial charge in [-0.25, -0.2) is 19.3 Å². The monoisotopic (exact) mass is 329 g/mol. The number of rotatable bonds is 4. The number of hydrogen-bond acceptors (Lipinski definition) is 6. The number of thiazole rings is 1. The summed E-state index contributed by atoms with van der Waals surface area (Å²) in [6, 6.07) is 6.26. The van der Waals surface area contributed by atoms with Crippen LogP contribution in [-0.2, 0) is 6.42 Å². The predicted octanol–water partition coefficient (Wildman–Crippen LogP) is 2.50. The lowest BCUT2D eigenvalue weighted by atomic mass is 10.1. The number of hydrogen-bond donors (Lipinski definition) is 2. The van der Waals surface area contributed by atoms with Gasteiger partial charge in [0.2, 0.25) is 0 Å². The molecule has 0 bridgehead atoms. The number of amides is 1. The molecule has 3 N–H and O–H groups in total. The molecule has 2 heterocycles. The fourth-order valence-electron chi connectivity index (χ4n) is 1.93. The van der Waals surface area contributed by atoms with Crippen LogP contribution in [0, 0.1) is 5.82 Å². The number of nitrogen functional groups attached to an aromatic ring is 1. The van der Waals surface area contributed by atoms with E-state index in [1.54, 1.807) is 18.3 Å². The molecule has 0 spiro atoms. The molecule has 0 atom stereocenters. The van der Waals surface area contributed by atoms with E-state index in [0.29, 0.717) is 11.6 Å². The number of carbonyl (C=O) groups is 1. The Morgan fingerprint density at radius 3 is 2.65 bits per heavy atom. The van der Waals surface area contributed by atoms with Crippen LogP contribution >= 0.6 is 11.3 Å². The summed E-state index contributed by atoms with van der Waals surface area (Å²) in [5.41, 5.74) is 6.63. The fraction of sp³-hybridized carbons (Fsp3) is 0.0667. The second-order valence-corrected chi connectivity index (χ2v) is 5.79. The smallest absolute Gasteiger partial charge is 0.279 e. The van der Waals surface area contributed by atoms with Crippen molar-refractivity contribution in [3.63, 3.8) is 0 Å². The highest BCUT2D eigenvalue weighted by molar-refractivity contribution is 7.15. The Morgan fingerprint density at radius 1 is 1.17 bits per heavy atom. The first-order chi connectivity index (χ1) is 11.1. The molecule has 6 nitrogen and oxygen atoms in total. The third-order valence-electron chi connectivity index (χ3n) is 3.01. The molecule has 2 aromatic heterocycles. The summed E-state index contributed by atoms with van der Waals surface area (Å²) < 4.78 is 12.9. The molecule has 3 rings (SSSR count). The van der Waals surface area contributed by atoms with Crippen molar-refractivity contribution in [1.29, 1.82) is 0 Å².